The summed E-state index contributed by atoms with van der Waals surface area (Å²) in [6.07, 6.45) is 7.38. The van der Waals surface area contributed by atoms with Crippen molar-refractivity contribution >= 4 is 22.6 Å². The van der Waals surface area contributed by atoms with Gasteiger partial charge in [0.15, 0.2) is 0 Å². The topological polar surface area (TPSA) is 91.8 Å². The first-order chi connectivity index (χ1) is 13.1. The van der Waals surface area contributed by atoms with Gasteiger partial charge in [-0.1, -0.05) is 0 Å². The van der Waals surface area contributed by atoms with Gasteiger partial charge in [-0.05, 0) is 62.5 Å². The highest BCUT2D eigenvalue weighted by atomic mass is 16.2. The Morgan fingerprint density at radius 1 is 1.41 bits per heavy atom. The van der Waals surface area contributed by atoms with Gasteiger partial charge in [0.1, 0.15) is 11.2 Å². The van der Waals surface area contributed by atoms with Gasteiger partial charge in [-0.2, -0.15) is 0 Å². The number of nitrogens with one attached hydrogen (secondary N) is 3. The third kappa shape index (κ3) is 3.64. The molecule has 4 heterocycles. The fourth-order valence-corrected chi connectivity index (χ4v) is 3.64. The van der Waals surface area contributed by atoms with Gasteiger partial charge in [0.05, 0.1) is 11.9 Å². The normalized spacial score (nSPS) is 17.1. The molecular formula is C20H23N5O2. The quantitative estimate of drug-likeness (QED) is 0.661. The van der Waals surface area contributed by atoms with E-state index in [1.165, 1.54) is 0 Å². The molecule has 0 bridgehead atoms. The summed E-state index contributed by atoms with van der Waals surface area (Å²) in [5.41, 5.74) is 1.94. The van der Waals surface area contributed by atoms with E-state index in [9.17, 15) is 9.59 Å². The molecule has 0 aromatic carbocycles. The lowest BCUT2D eigenvalue weighted by atomic mass is 9.99. The largest absolute Gasteiger partial charge is 0.346 e. The van der Waals surface area contributed by atoms with E-state index in [1.54, 1.807) is 30.1 Å². The smallest absolute Gasteiger partial charge is 0.263 e. The summed E-state index contributed by atoms with van der Waals surface area (Å²) in [4.78, 5) is 33.0. The van der Waals surface area contributed by atoms with Crippen LogP contribution >= 0.6 is 0 Å². The number of nitrogens with zero attached hydrogens (tertiary/aromatic N) is 2. The lowest BCUT2D eigenvalue weighted by Crippen LogP contribution is -2.36. The molecule has 1 aliphatic rings. The van der Waals surface area contributed by atoms with Crippen molar-refractivity contribution in [2.45, 2.75) is 26.3 Å². The van der Waals surface area contributed by atoms with Crippen LogP contribution in [0.4, 0.5) is 5.69 Å². The van der Waals surface area contributed by atoms with Crippen LogP contribution in [0, 0.1) is 12.8 Å². The van der Waals surface area contributed by atoms with Crippen LogP contribution in [-0.4, -0.2) is 33.5 Å². The van der Waals surface area contributed by atoms with Crippen LogP contribution in [0.15, 0.2) is 41.6 Å². The van der Waals surface area contributed by atoms with Gasteiger partial charge < -0.3 is 20.2 Å². The van der Waals surface area contributed by atoms with Crippen LogP contribution in [0.3, 0.4) is 0 Å². The molecule has 1 aliphatic heterocycles. The number of amides is 1. The Labute approximate surface area is 156 Å². The van der Waals surface area contributed by atoms with E-state index >= 15 is 0 Å². The molecule has 27 heavy (non-hydrogen) atoms. The molecule has 1 amide bonds. The van der Waals surface area contributed by atoms with E-state index in [0.717, 1.165) is 37.0 Å². The van der Waals surface area contributed by atoms with Gasteiger partial charge in [0, 0.05) is 24.3 Å². The number of H-pyrrole nitrogens is 1. The minimum atomic E-state index is -0.398. The zero-order chi connectivity index (χ0) is 18.8. The van der Waals surface area contributed by atoms with Crippen LogP contribution < -0.4 is 16.2 Å². The van der Waals surface area contributed by atoms with Crippen LogP contribution in [0.2, 0.25) is 0 Å². The predicted octanol–water partition coefficient (Wildman–Crippen LogP) is 2.28. The van der Waals surface area contributed by atoms with Gasteiger partial charge in [-0.3, -0.25) is 9.59 Å². The van der Waals surface area contributed by atoms with Gasteiger partial charge in [0.2, 0.25) is 0 Å². The number of carbonyl (C=O) groups excluding carboxylic acids is 1. The lowest BCUT2D eigenvalue weighted by Gasteiger charge is -2.23. The number of anilines is 1. The number of hydrogen-bond acceptors (Lipinski definition) is 4. The molecule has 1 atom stereocenters. The Morgan fingerprint density at radius 2 is 2.30 bits per heavy atom. The predicted molar refractivity (Wildman–Crippen MR) is 105 cm³/mol. The standard InChI is InChI=1S/C20H23N5O2/c1-13-5-8-25(12-14-3-2-6-21-10-14)20(27)17(13)19(26)24-16-9-15-4-7-22-18(15)23-11-16/h4-5,7-9,11,14,21H,2-3,6,10,12H2,1H3,(H,22,23)(H,24,26). The molecule has 3 aromatic rings. The van der Waals surface area contributed by atoms with Crippen LogP contribution in [0.5, 0.6) is 0 Å². The Kier molecular flexibility index (Phi) is 4.77. The van der Waals surface area contributed by atoms with Crippen molar-refractivity contribution in [1.82, 2.24) is 19.9 Å². The minimum absolute atomic E-state index is 0.190. The number of carbonyl (C=O) groups is 1. The highest BCUT2D eigenvalue weighted by Gasteiger charge is 2.19. The Morgan fingerprint density at radius 3 is 3.11 bits per heavy atom. The average Bonchev–Trinajstić information content (AvgIpc) is 3.13. The monoisotopic (exact) mass is 365 g/mol. The van der Waals surface area contributed by atoms with Crippen molar-refractivity contribution < 1.29 is 4.79 Å². The molecular weight excluding hydrogens is 342 g/mol. The third-order valence-corrected chi connectivity index (χ3v) is 5.11. The summed E-state index contributed by atoms with van der Waals surface area (Å²) in [6, 6.07) is 5.55. The third-order valence-electron chi connectivity index (χ3n) is 5.11. The molecule has 1 saturated heterocycles. The summed E-state index contributed by atoms with van der Waals surface area (Å²) < 4.78 is 1.66. The number of rotatable bonds is 4. The van der Waals surface area contributed by atoms with Crippen molar-refractivity contribution in [1.29, 1.82) is 0 Å². The van der Waals surface area contributed by atoms with E-state index < -0.39 is 5.91 Å². The highest BCUT2D eigenvalue weighted by molar-refractivity contribution is 6.05. The first-order valence-electron chi connectivity index (χ1n) is 9.27. The number of hydrogen-bond donors (Lipinski definition) is 3. The average molecular weight is 365 g/mol. The summed E-state index contributed by atoms with van der Waals surface area (Å²) in [6.45, 7) is 4.36. The van der Waals surface area contributed by atoms with Crippen molar-refractivity contribution in [3.63, 3.8) is 0 Å². The number of pyridine rings is 2. The molecule has 1 unspecified atom stereocenters. The second-order valence-electron chi connectivity index (χ2n) is 7.14. The molecule has 3 N–H and O–H groups in total. The molecule has 3 aromatic heterocycles. The molecule has 140 valence electrons. The molecule has 0 spiro atoms. The Balaban J connectivity index is 1.58. The highest BCUT2D eigenvalue weighted by Crippen LogP contribution is 2.16. The van der Waals surface area contributed by atoms with E-state index in [0.29, 0.717) is 23.7 Å². The summed E-state index contributed by atoms with van der Waals surface area (Å²) >= 11 is 0. The van der Waals surface area contributed by atoms with Crippen LogP contribution in [-0.2, 0) is 6.54 Å². The van der Waals surface area contributed by atoms with Crippen LogP contribution in [0.25, 0.3) is 11.0 Å². The number of piperidine rings is 1. The fraction of sp³-hybridized carbons (Fsp3) is 0.350. The zero-order valence-corrected chi connectivity index (χ0v) is 15.3. The van der Waals surface area contributed by atoms with Gasteiger partial charge in [0.25, 0.3) is 11.5 Å². The second kappa shape index (κ2) is 7.36. The number of fused-ring (bicyclic) bond motifs is 1. The van der Waals surface area contributed by atoms with E-state index in [1.807, 2.05) is 18.2 Å². The molecule has 0 saturated carbocycles. The Bertz CT molecular complexity index is 1030. The number of aromatic nitrogens is 3. The fourth-order valence-electron chi connectivity index (χ4n) is 3.64. The van der Waals surface area contributed by atoms with E-state index in [4.69, 9.17) is 0 Å². The first kappa shape index (κ1) is 17.5. The van der Waals surface area contributed by atoms with Crippen molar-refractivity contribution in [3.05, 3.63) is 58.3 Å². The molecule has 0 aliphatic carbocycles. The van der Waals surface area contributed by atoms with Crippen molar-refractivity contribution in [3.8, 4) is 0 Å². The maximum absolute atomic E-state index is 12.9. The lowest BCUT2D eigenvalue weighted by molar-refractivity contribution is 0.102. The summed E-state index contributed by atoms with van der Waals surface area (Å²) in [5.74, 6) is 0.0144. The maximum Gasteiger partial charge on any atom is 0.263 e. The van der Waals surface area contributed by atoms with E-state index in [-0.39, 0.29) is 11.1 Å². The first-order valence-corrected chi connectivity index (χ1v) is 9.27. The SMILES string of the molecule is Cc1ccn(CC2CCCNC2)c(=O)c1C(=O)Nc1cnc2[nH]ccc2c1. The second-order valence-corrected chi connectivity index (χ2v) is 7.14. The summed E-state index contributed by atoms with van der Waals surface area (Å²) in [5, 5.41) is 7.08. The number of aryl methyl sites for hydroxylation is 1. The van der Waals surface area contributed by atoms with Crippen molar-refractivity contribution in [2.75, 3.05) is 18.4 Å². The van der Waals surface area contributed by atoms with Gasteiger partial charge >= 0.3 is 0 Å². The molecule has 4 rings (SSSR count). The number of aromatic amines is 1. The molecule has 7 heteroatoms. The van der Waals surface area contributed by atoms with Gasteiger partial charge in [-0.25, -0.2) is 4.98 Å². The molecule has 1 fully saturated rings. The van der Waals surface area contributed by atoms with E-state index in [2.05, 4.69) is 20.6 Å². The zero-order valence-electron chi connectivity index (χ0n) is 15.3. The maximum atomic E-state index is 12.9. The van der Waals surface area contributed by atoms with Crippen molar-refractivity contribution in [2.24, 2.45) is 5.92 Å². The molecule has 0 radical (unpaired) electrons. The minimum Gasteiger partial charge on any atom is -0.346 e. The molecule has 7 nitrogen and oxygen atoms in total. The van der Waals surface area contributed by atoms with Crippen LogP contribution in [0.1, 0.15) is 28.8 Å². The summed E-state index contributed by atoms with van der Waals surface area (Å²) in [7, 11) is 0. The Hall–Kier alpha value is -2.93. The van der Waals surface area contributed by atoms with Gasteiger partial charge in [-0.15, -0.1) is 0 Å².